The number of hydrogen-bond donors (Lipinski definition) is 2. The van der Waals surface area contributed by atoms with E-state index in [4.69, 9.17) is 5.73 Å². The van der Waals surface area contributed by atoms with Crippen LogP contribution in [-0.4, -0.2) is 18.1 Å². The highest BCUT2D eigenvalue weighted by Gasteiger charge is 2.51. The molecule has 0 spiro atoms. The first kappa shape index (κ1) is 8.25. The number of nitrogens with two attached hydrogens (primary N) is 1. The van der Waals surface area contributed by atoms with Crippen molar-refractivity contribution in [3.63, 3.8) is 0 Å². The minimum absolute atomic E-state index is 0.365. The topological polar surface area (TPSA) is 38.0 Å². The second-order valence-electron chi connectivity index (χ2n) is 5.36. The molecular formula is C11H20N2. The van der Waals surface area contributed by atoms with E-state index in [2.05, 4.69) is 5.32 Å². The Hall–Kier alpha value is -0.0800. The fourth-order valence-corrected chi connectivity index (χ4v) is 3.56. The van der Waals surface area contributed by atoms with Gasteiger partial charge in [0.1, 0.15) is 0 Å². The summed E-state index contributed by atoms with van der Waals surface area (Å²) in [4.78, 5) is 0. The maximum Gasteiger partial charge on any atom is 0.0337 e. The fraction of sp³-hybridized carbons (Fsp3) is 1.00. The summed E-state index contributed by atoms with van der Waals surface area (Å²) in [5.74, 6) is 1.91. The zero-order valence-corrected chi connectivity index (χ0v) is 8.26. The van der Waals surface area contributed by atoms with Crippen molar-refractivity contribution in [1.29, 1.82) is 0 Å². The number of nitrogens with one attached hydrogen (secondary N) is 1. The molecule has 3 saturated carbocycles. The van der Waals surface area contributed by atoms with Gasteiger partial charge < -0.3 is 11.1 Å². The minimum atomic E-state index is 0.365. The van der Waals surface area contributed by atoms with Crippen LogP contribution in [0.4, 0.5) is 0 Å². The lowest BCUT2D eigenvalue weighted by Gasteiger charge is -2.38. The Morgan fingerprint density at radius 1 is 1.23 bits per heavy atom. The molecule has 0 radical (unpaired) electrons. The van der Waals surface area contributed by atoms with E-state index in [1.165, 1.54) is 38.5 Å². The highest BCUT2D eigenvalue weighted by atomic mass is 15.1. The maximum atomic E-state index is 5.97. The van der Waals surface area contributed by atoms with Gasteiger partial charge >= 0.3 is 0 Å². The molecule has 0 aromatic heterocycles. The molecule has 0 saturated heterocycles. The van der Waals surface area contributed by atoms with Gasteiger partial charge in [0.05, 0.1) is 0 Å². The number of rotatable bonds is 3. The predicted octanol–water partition coefficient (Wildman–Crippen LogP) is 1.26. The molecule has 0 aromatic carbocycles. The van der Waals surface area contributed by atoms with Crippen LogP contribution in [0.15, 0.2) is 0 Å². The molecule has 3 fully saturated rings. The van der Waals surface area contributed by atoms with Crippen LogP contribution in [0.3, 0.4) is 0 Å². The van der Waals surface area contributed by atoms with Crippen LogP contribution in [-0.2, 0) is 0 Å². The first-order chi connectivity index (χ1) is 6.32. The highest BCUT2D eigenvalue weighted by Crippen LogP contribution is 2.51. The predicted molar refractivity (Wildman–Crippen MR) is 53.4 cm³/mol. The van der Waals surface area contributed by atoms with Gasteiger partial charge in [-0.25, -0.2) is 0 Å². The molecule has 3 unspecified atom stereocenters. The smallest absolute Gasteiger partial charge is 0.0337 e. The quantitative estimate of drug-likeness (QED) is 0.686. The van der Waals surface area contributed by atoms with E-state index in [0.29, 0.717) is 5.54 Å². The zero-order chi connectivity index (χ0) is 8.89. The van der Waals surface area contributed by atoms with Gasteiger partial charge in [0, 0.05) is 18.1 Å². The van der Waals surface area contributed by atoms with Crippen LogP contribution >= 0.6 is 0 Å². The molecule has 3 aliphatic rings. The molecule has 0 heterocycles. The van der Waals surface area contributed by atoms with Crippen molar-refractivity contribution in [3.05, 3.63) is 0 Å². The summed E-state index contributed by atoms with van der Waals surface area (Å²) in [6.45, 7) is 0.866. The second kappa shape index (κ2) is 2.71. The molecule has 3 rings (SSSR count). The molecule has 2 bridgehead atoms. The Kier molecular flexibility index (Phi) is 1.72. The lowest BCUT2D eigenvalue weighted by Crippen LogP contribution is -2.55. The zero-order valence-electron chi connectivity index (χ0n) is 8.26. The first-order valence-corrected chi connectivity index (χ1v) is 5.80. The molecular weight excluding hydrogens is 160 g/mol. The normalized spacial score (nSPS) is 48.7. The first-order valence-electron chi connectivity index (χ1n) is 5.80. The van der Waals surface area contributed by atoms with Gasteiger partial charge in [-0.1, -0.05) is 6.42 Å². The largest absolute Gasteiger partial charge is 0.329 e. The van der Waals surface area contributed by atoms with Crippen molar-refractivity contribution >= 4 is 0 Å². The van der Waals surface area contributed by atoms with Crippen LogP contribution in [0.5, 0.6) is 0 Å². The van der Waals surface area contributed by atoms with Gasteiger partial charge in [0.2, 0.25) is 0 Å². The summed E-state index contributed by atoms with van der Waals surface area (Å²) in [5, 5.41) is 3.82. The molecule has 0 amide bonds. The van der Waals surface area contributed by atoms with Gasteiger partial charge in [-0.15, -0.1) is 0 Å². The molecule has 3 aliphatic carbocycles. The Morgan fingerprint density at radius 2 is 2.08 bits per heavy atom. The van der Waals surface area contributed by atoms with Crippen molar-refractivity contribution in [3.8, 4) is 0 Å². The fourth-order valence-electron chi connectivity index (χ4n) is 3.56. The van der Waals surface area contributed by atoms with Crippen LogP contribution in [0.1, 0.15) is 38.5 Å². The molecule has 2 heteroatoms. The number of fused-ring (bicyclic) bond motifs is 2. The molecule has 2 nitrogen and oxygen atoms in total. The van der Waals surface area contributed by atoms with Crippen molar-refractivity contribution in [1.82, 2.24) is 5.32 Å². The Morgan fingerprint density at radius 3 is 2.54 bits per heavy atom. The molecule has 3 atom stereocenters. The number of hydrogen-bond acceptors (Lipinski definition) is 2. The monoisotopic (exact) mass is 180 g/mol. The minimum Gasteiger partial charge on any atom is -0.329 e. The summed E-state index contributed by atoms with van der Waals surface area (Å²) in [6, 6.07) is 0.822. The average Bonchev–Trinajstić information content (AvgIpc) is 2.74. The molecule has 0 aromatic rings. The Bertz CT molecular complexity index is 212. The van der Waals surface area contributed by atoms with E-state index < -0.39 is 0 Å². The second-order valence-corrected chi connectivity index (χ2v) is 5.36. The van der Waals surface area contributed by atoms with Gasteiger partial charge in [-0.05, 0) is 43.9 Å². The third-order valence-corrected chi connectivity index (χ3v) is 4.41. The highest BCUT2D eigenvalue weighted by molar-refractivity contribution is 5.09. The van der Waals surface area contributed by atoms with Crippen molar-refractivity contribution in [2.45, 2.75) is 50.1 Å². The van der Waals surface area contributed by atoms with E-state index in [0.717, 1.165) is 24.4 Å². The summed E-state index contributed by atoms with van der Waals surface area (Å²) < 4.78 is 0. The molecule has 0 aliphatic heterocycles. The van der Waals surface area contributed by atoms with Crippen LogP contribution < -0.4 is 11.1 Å². The Balaban J connectivity index is 1.75. The van der Waals surface area contributed by atoms with Crippen LogP contribution in [0, 0.1) is 11.8 Å². The molecule has 3 N–H and O–H groups in total. The average molecular weight is 180 g/mol. The summed E-state index contributed by atoms with van der Waals surface area (Å²) >= 11 is 0. The van der Waals surface area contributed by atoms with E-state index in [1.54, 1.807) is 0 Å². The third-order valence-electron chi connectivity index (χ3n) is 4.41. The Labute approximate surface area is 80.3 Å². The third kappa shape index (κ3) is 1.23. The molecule has 13 heavy (non-hydrogen) atoms. The van der Waals surface area contributed by atoms with Gasteiger partial charge in [0.15, 0.2) is 0 Å². The van der Waals surface area contributed by atoms with E-state index in [9.17, 15) is 0 Å². The summed E-state index contributed by atoms with van der Waals surface area (Å²) in [6.07, 6.45) is 8.50. The maximum absolute atomic E-state index is 5.97. The standard InChI is InChI=1S/C11H20N2/c12-7-11(13-10-3-4-10)6-8-1-2-9(11)5-8/h8-10,13H,1-7,12H2. The van der Waals surface area contributed by atoms with Crippen molar-refractivity contribution in [2.75, 3.05) is 6.54 Å². The summed E-state index contributed by atoms with van der Waals surface area (Å²) in [5.41, 5.74) is 6.33. The lowest BCUT2D eigenvalue weighted by molar-refractivity contribution is 0.213. The van der Waals surface area contributed by atoms with Gasteiger partial charge in [0.25, 0.3) is 0 Å². The lowest BCUT2D eigenvalue weighted by atomic mass is 9.81. The molecule has 74 valence electrons. The SMILES string of the molecule is NCC1(NC2CC2)CC2CCC1C2. The van der Waals surface area contributed by atoms with Gasteiger partial charge in [-0.3, -0.25) is 0 Å². The van der Waals surface area contributed by atoms with Crippen LogP contribution in [0.25, 0.3) is 0 Å². The van der Waals surface area contributed by atoms with Crippen molar-refractivity contribution < 1.29 is 0 Å². The van der Waals surface area contributed by atoms with Gasteiger partial charge in [-0.2, -0.15) is 0 Å². The van der Waals surface area contributed by atoms with E-state index >= 15 is 0 Å². The van der Waals surface area contributed by atoms with E-state index in [1.807, 2.05) is 0 Å². The van der Waals surface area contributed by atoms with Crippen LogP contribution in [0.2, 0.25) is 0 Å². The van der Waals surface area contributed by atoms with E-state index in [-0.39, 0.29) is 0 Å². The summed E-state index contributed by atoms with van der Waals surface area (Å²) in [7, 11) is 0. The van der Waals surface area contributed by atoms with Crippen molar-refractivity contribution in [2.24, 2.45) is 17.6 Å².